The van der Waals surface area contributed by atoms with Crippen LogP contribution >= 0.6 is 11.5 Å². The van der Waals surface area contributed by atoms with E-state index in [9.17, 15) is 0 Å². The predicted octanol–water partition coefficient (Wildman–Crippen LogP) is 3.01. The van der Waals surface area contributed by atoms with Crippen LogP contribution in [0, 0.1) is 5.92 Å². The first-order chi connectivity index (χ1) is 6.21. The van der Waals surface area contributed by atoms with Crippen molar-refractivity contribution in [2.24, 2.45) is 5.92 Å². The average molecular weight is 196 g/mol. The quantitative estimate of drug-likeness (QED) is 0.690. The molecule has 1 aromatic rings. The summed E-state index contributed by atoms with van der Waals surface area (Å²) in [5.41, 5.74) is 1.53. The maximum atomic E-state index is 4.21. The largest absolute Gasteiger partial charge is 0.143 e. The summed E-state index contributed by atoms with van der Waals surface area (Å²) < 4.78 is 3.95. The Morgan fingerprint density at radius 1 is 1.46 bits per heavy atom. The molecule has 0 amide bonds. The van der Waals surface area contributed by atoms with Crippen molar-refractivity contribution >= 4 is 11.5 Å². The molecule has 1 aliphatic carbocycles. The van der Waals surface area contributed by atoms with E-state index < -0.39 is 0 Å². The highest BCUT2D eigenvalue weighted by molar-refractivity contribution is 7.03. The van der Waals surface area contributed by atoms with Crippen LogP contribution in [0.2, 0.25) is 0 Å². The monoisotopic (exact) mass is 196 g/mol. The van der Waals surface area contributed by atoms with Gasteiger partial charge in [0.25, 0.3) is 0 Å². The Labute approximate surface area is 83.5 Å². The van der Waals surface area contributed by atoms with E-state index in [0.717, 1.165) is 5.92 Å². The molecule has 0 bridgehead atoms. The molecule has 2 rings (SSSR count). The molecule has 0 aromatic carbocycles. The number of hydrogen-bond acceptors (Lipinski definition) is 3. The molecule has 1 fully saturated rings. The first-order valence-corrected chi connectivity index (χ1v) is 5.82. The second-order valence-corrected chi connectivity index (χ2v) is 5.14. The van der Waals surface area contributed by atoms with E-state index in [1.807, 2.05) is 0 Å². The summed E-state index contributed by atoms with van der Waals surface area (Å²) >= 11 is 1.47. The number of aromatic nitrogens is 2. The standard InChI is InChI=1S/C10H16N2S/c1-8-3-5-10(2,6-4-8)9-7-13-12-11-9/h7-8H,3-6H2,1-2H3. The minimum atomic E-state index is 0.319. The lowest BCUT2D eigenvalue weighted by Crippen LogP contribution is -2.28. The number of nitrogens with zero attached hydrogens (tertiary/aromatic N) is 2. The summed E-state index contributed by atoms with van der Waals surface area (Å²) in [7, 11) is 0. The molecule has 13 heavy (non-hydrogen) atoms. The first-order valence-electron chi connectivity index (χ1n) is 4.98. The highest BCUT2D eigenvalue weighted by Crippen LogP contribution is 2.40. The van der Waals surface area contributed by atoms with Gasteiger partial charge < -0.3 is 0 Å². The van der Waals surface area contributed by atoms with Crippen LogP contribution in [0.25, 0.3) is 0 Å². The molecule has 1 heterocycles. The fraction of sp³-hybridized carbons (Fsp3) is 0.800. The SMILES string of the molecule is CC1CCC(C)(c2csnn2)CC1. The van der Waals surface area contributed by atoms with Crippen molar-refractivity contribution in [3.63, 3.8) is 0 Å². The van der Waals surface area contributed by atoms with Crippen LogP contribution in [0.4, 0.5) is 0 Å². The molecule has 0 aliphatic heterocycles. The van der Waals surface area contributed by atoms with Crippen molar-refractivity contribution < 1.29 is 0 Å². The van der Waals surface area contributed by atoms with Gasteiger partial charge in [-0.05, 0) is 43.1 Å². The Bertz CT molecular complexity index is 260. The molecule has 3 heteroatoms. The fourth-order valence-electron chi connectivity index (χ4n) is 2.08. The van der Waals surface area contributed by atoms with Crippen molar-refractivity contribution in [3.05, 3.63) is 11.1 Å². The Balaban J connectivity index is 2.13. The zero-order valence-electron chi connectivity index (χ0n) is 8.29. The van der Waals surface area contributed by atoms with Gasteiger partial charge in [0.05, 0.1) is 5.69 Å². The summed E-state index contributed by atoms with van der Waals surface area (Å²) in [6.45, 7) is 4.68. The van der Waals surface area contributed by atoms with Crippen molar-refractivity contribution in [2.75, 3.05) is 0 Å². The van der Waals surface area contributed by atoms with E-state index >= 15 is 0 Å². The Kier molecular flexibility index (Phi) is 2.37. The summed E-state index contributed by atoms with van der Waals surface area (Å²) in [4.78, 5) is 0. The molecule has 1 aliphatic rings. The van der Waals surface area contributed by atoms with E-state index in [2.05, 4.69) is 28.8 Å². The smallest absolute Gasteiger partial charge is 0.0814 e. The third kappa shape index (κ3) is 1.75. The van der Waals surface area contributed by atoms with Crippen LogP contribution in [-0.2, 0) is 5.41 Å². The fourth-order valence-corrected chi connectivity index (χ4v) is 2.70. The Morgan fingerprint density at radius 3 is 2.69 bits per heavy atom. The van der Waals surface area contributed by atoms with E-state index in [1.54, 1.807) is 0 Å². The van der Waals surface area contributed by atoms with Crippen molar-refractivity contribution in [2.45, 2.75) is 44.9 Å². The van der Waals surface area contributed by atoms with Crippen LogP contribution < -0.4 is 0 Å². The minimum absolute atomic E-state index is 0.319. The molecular weight excluding hydrogens is 180 g/mol. The topological polar surface area (TPSA) is 25.8 Å². The van der Waals surface area contributed by atoms with Gasteiger partial charge in [-0.15, -0.1) is 5.10 Å². The van der Waals surface area contributed by atoms with Crippen molar-refractivity contribution in [3.8, 4) is 0 Å². The van der Waals surface area contributed by atoms with Crippen LogP contribution in [-0.4, -0.2) is 9.59 Å². The highest BCUT2D eigenvalue weighted by Gasteiger charge is 2.33. The lowest BCUT2D eigenvalue weighted by atomic mass is 9.71. The molecular formula is C10H16N2S. The molecule has 2 nitrogen and oxygen atoms in total. The maximum Gasteiger partial charge on any atom is 0.0814 e. The molecule has 0 radical (unpaired) electrons. The molecule has 1 saturated carbocycles. The van der Waals surface area contributed by atoms with Gasteiger partial charge in [-0.25, -0.2) is 0 Å². The average Bonchev–Trinajstić information content (AvgIpc) is 2.63. The summed E-state index contributed by atoms with van der Waals surface area (Å²) in [6.07, 6.45) is 5.24. The van der Waals surface area contributed by atoms with Gasteiger partial charge in [-0.1, -0.05) is 18.3 Å². The van der Waals surface area contributed by atoms with E-state index in [4.69, 9.17) is 0 Å². The zero-order chi connectivity index (χ0) is 9.31. The summed E-state index contributed by atoms with van der Waals surface area (Å²) in [5.74, 6) is 0.902. The lowest BCUT2D eigenvalue weighted by molar-refractivity contribution is 0.255. The van der Waals surface area contributed by atoms with Crippen molar-refractivity contribution in [1.82, 2.24) is 9.59 Å². The van der Waals surface area contributed by atoms with Gasteiger partial charge >= 0.3 is 0 Å². The summed E-state index contributed by atoms with van der Waals surface area (Å²) in [6, 6.07) is 0. The minimum Gasteiger partial charge on any atom is -0.143 e. The second-order valence-electron chi connectivity index (χ2n) is 4.53. The van der Waals surface area contributed by atoms with E-state index in [-0.39, 0.29) is 0 Å². The second kappa shape index (κ2) is 3.37. The highest BCUT2D eigenvalue weighted by atomic mass is 32.1. The molecule has 0 unspecified atom stereocenters. The zero-order valence-corrected chi connectivity index (χ0v) is 9.10. The maximum absolute atomic E-state index is 4.21. The molecule has 1 aromatic heterocycles. The van der Waals surface area contributed by atoms with Crippen molar-refractivity contribution in [1.29, 1.82) is 0 Å². The van der Waals surface area contributed by atoms with Gasteiger partial charge in [0.2, 0.25) is 0 Å². The van der Waals surface area contributed by atoms with Gasteiger partial charge in [-0.3, -0.25) is 0 Å². The van der Waals surface area contributed by atoms with Crippen LogP contribution in [0.15, 0.2) is 5.38 Å². The van der Waals surface area contributed by atoms with E-state index in [0.29, 0.717) is 5.41 Å². The normalized spacial score (nSPS) is 34.8. The molecule has 0 N–H and O–H groups in total. The van der Waals surface area contributed by atoms with Crippen LogP contribution in [0.1, 0.15) is 45.2 Å². The van der Waals surface area contributed by atoms with Gasteiger partial charge in [-0.2, -0.15) is 0 Å². The Hall–Kier alpha value is -0.440. The van der Waals surface area contributed by atoms with Gasteiger partial charge in [0, 0.05) is 10.8 Å². The van der Waals surface area contributed by atoms with Crippen LogP contribution in [0.3, 0.4) is 0 Å². The Morgan fingerprint density at radius 2 is 2.15 bits per heavy atom. The van der Waals surface area contributed by atoms with Gasteiger partial charge in [0.15, 0.2) is 0 Å². The molecule has 72 valence electrons. The molecule has 0 atom stereocenters. The first kappa shape index (κ1) is 9.13. The number of rotatable bonds is 1. The van der Waals surface area contributed by atoms with E-state index in [1.165, 1.54) is 42.9 Å². The third-order valence-electron chi connectivity index (χ3n) is 3.36. The lowest BCUT2D eigenvalue weighted by Gasteiger charge is -2.34. The third-order valence-corrected chi connectivity index (χ3v) is 3.86. The molecule has 0 saturated heterocycles. The summed E-state index contributed by atoms with van der Waals surface area (Å²) in [5, 5.41) is 6.31. The van der Waals surface area contributed by atoms with Crippen LogP contribution in [0.5, 0.6) is 0 Å². The number of hydrogen-bond donors (Lipinski definition) is 0. The predicted molar refractivity (Wildman–Crippen MR) is 54.9 cm³/mol. The molecule has 0 spiro atoms. The van der Waals surface area contributed by atoms with Gasteiger partial charge in [0.1, 0.15) is 0 Å².